The van der Waals surface area contributed by atoms with Crippen LogP contribution in [0.25, 0.3) is 0 Å². The summed E-state index contributed by atoms with van der Waals surface area (Å²) in [7, 11) is 0. The summed E-state index contributed by atoms with van der Waals surface area (Å²) in [5.74, 6) is -0.285. The van der Waals surface area contributed by atoms with Gasteiger partial charge in [0.15, 0.2) is 0 Å². The Kier molecular flexibility index (Phi) is 2.83. The van der Waals surface area contributed by atoms with Crippen molar-refractivity contribution in [1.29, 1.82) is 0 Å². The highest BCUT2D eigenvalue weighted by Gasteiger charge is 2.33. The summed E-state index contributed by atoms with van der Waals surface area (Å²) in [4.78, 5) is 3.87. The van der Waals surface area contributed by atoms with Crippen molar-refractivity contribution in [3.05, 3.63) is 29.8 Å². The molecule has 2 N–H and O–H groups in total. The average molecular weight is 246 g/mol. The zero-order valence-electron chi connectivity index (χ0n) is 8.57. The SMILES string of the molecule is NC1=NC(c2ccccc2OC(F)(F)F)CO1. The van der Waals surface area contributed by atoms with Gasteiger partial charge >= 0.3 is 6.36 Å². The molecule has 0 fully saturated rings. The molecule has 4 nitrogen and oxygen atoms in total. The first-order chi connectivity index (χ1) is 7.96. The molecular weight excluding hydrogens is 237 g/mol. The minimum atomic E-state index is -4.73. The Balaban J connectivity index is 2.28. The van der Waals surface area contributed by atoms with Crippen molar-refractivity contribution in [1.82, 2.24) is 0 Å². The van der Waals surface area contributed by atoms with E-state index in [-0.39, 0.29) is 18.4 Å². The quantitative estimate of drug-likeness (QED) is 0.867. The Labute approximate surface area is 94.8 Å². The van der Waals surface area contributed by atoms with Crippen LogP contribution in [-0.4, -0.2) is 19.0 Å². The van der Waals surface area contributed by atoms with E-state index in [0.29, 0.717) is 5.56 Å². The normalized spacial score (nSPS) is 19.7. The number of ether oxygens (including phenoxy) is 2. The van der Waals surface area contributed by atoms with Crippen LogP contribution in [0.2, 0.25) is 0 Å². The van der Waals surface area contributed by atoms with E-state index in [1.807, 2.05) is 0 Å². The fourth-order valence-electron chi connectivity index (χ4n) is 1.53. The Morgan fingerprint density at radius 2 is 2.06 bits per heavy atom. The van der Waals surface area contributed by atoms with Gasteiger partial charge in [0.05, 0.1) is 0 Å². The van der Waals surface area contributed by atoms with Crippen molar-refractivity contribution < 1.29 is 22.6 Å². The lowest BCUT2D eigenvalue weighted by molar-refractivity contribution is -0.275. The van der Waals surface area contributed by atoms with E-state index in [2.05, 4.69) is 9.73 Å². The number of aliphatic imine (C=N–C) groups is 1. The molecule has 1 aliphatic heterocycles. The summed E-state index contributed by atoms with van der Waals surface area (Å²) in [6.45, 7) is 0.115. The van der Waals surface area contributed by atoms with Gasteiger partial charge in [0, 0.05) is 5.56 Å². The first-order valence-corrected chi connectivity index (χ1v) is 4.76. The van der Waals surface area contributed by atoms with Gasteiger partial charge in [-0.1, -0.05) is 18.2 Å². The Morgan fingerprint density at radius 3 is 2.65 bits per heavy atom. The molecule has 1 atom stereocenters. The van der Waals surface area contributed by atoms with Gasteiger partial charge in [-0.05, 0) is 6.07 Å². The Morgan fingerprint density at radius 1 is 1.35 bits per heavy atom. The second kappa shape index (κ2) is 4.15. The summed E-state index contributed by atoms with van der Waals surface area (Å²) in [5.41, 5.74) is 5.60. The average Bonchev–Trinajstić information content (AvgIpc) is 2.63. The van der Waals surface area contributed by atoms with Crippen molar-refractivity contribution in [2.75, 3.05) is 6.61 Å². The number of para-hydroxylation sites is 1. The molecule has 0 aliphatic carbocycles. The van der Waals surface area contributed by atoms with Crippen molar-refractivity contribution in [2.45, 2.75) is 12.4 Å². The Hall–Kier alpha value is -1.92. The molecule has 0 spiro atoms. The lowest BCUT2D eigenvalue weighted by Gasteiger charge is -2.14. The topological polar surface area (TPSA) is 56.8 Å². The van der Waals surface area contributed by atoms with Crippen LogP contribution in [0.5, 0.6) is 5.75 Å². The highest BCUT2D eigenvalue weighted by molar-refractivity contribution is 5.73. The van der Waals surface area contributed by atoms with E-state index in [9.17, 15) is 13.2 Å². The maximum Gasteiger partial charge on any atom is 0.573 e. The molecule has 0 saturated heterocycles. The van der Waals surface area contributed by atoms with Crippen LogP contribution < -0.4 is 10.5 Å². The largest absolute Gasteiger partial charge is 0.573 e. The number of rotatable bonds is 2. The second-order valence-electron chi connectivity index (χ2n) is 3.38. The van der Waals surface area contributed by atoms with Crippen LogP contribution in [0.1, 0.15) is 11.6 Å². The number of hydrogen-bond donors (Lipinski definition) is 1. The third-order valence-corrected chi connectivity index (χ3v) is 2.18. The predicted octanol–water partition coefficient (Wildman–Crippen LogP) is 1.97. The summed E-state index contributed by atoms with van der Waals surface area (Å²) in [6, 6.07) is 5.19. The lowest BCUT2D eigenvalue weighted by Crippen LogP contribution is -2.18. The minimum Gasteiger partial charge on any atom is -0.463 e. The first kappa shape index (κ1) is 11.6. The van der Waals surface area contributed by atoms with E-state index in [1.165, 1.54) is 18.2 Å². The molecule has 1 aliphatic rings. The number of nitrogens with two attached hydrogens (primary N) is 1. The van der Waals surface area contributed by atoms with E-state index in [4.69, 9.17) is 10.5 Å². The van der Waals surface area contributed by atoms with Crippen molar-refractivity contribution >= 4 is 6.02 Å². The van der Waals surface area contributed by atoms with Crippen LogP contribution in [0.15, 0.2) is 29.3 Å². The highest BCUT2D eigenvalue weighted by atomic mass is 19.4. The molecule has 1 aromatic rings. The number of hydrogen-bond acceptors (Lipinski definition) is 4. The summed E-state index contributed by atoms with van der Waals surface area (Å²) in [6.07, 6.45) is -4.73. The van der Waals surface area contributed by atoms with Crippen molar-refractivity contribution in [2.24, 2.45) is 10.7 Å². The van der Waals surface area contributed by atoms with E-state index in [0.717, 1.165) is 0 Å². The molecule has 0 bridgehead atoms. The molecule has 7 heteroatoms. The van der Waals surface area contributed by atoms with Crippen LogP contribution >= 0.6 is 0 Å². The lowest BCUT2D eigenvalue weighted by atomic mass is 10.1. The molecule has 92 valence electrons. The van der Waals surface area contributed by atoms with Crippen molar-refractivity contribution in [3.8, 4) is 5.75 Å². The molecular formula is C10H9F3N2O2. The number of alkyl halides is 3. The molecule has 17 heavy (non-hydrogen) atoms. The third kappa shape index (κ3) is 2.80. The molecule has 0 radical (unpaired) electrons. The third-order valence-electron chi connectivity index (χ3n) is 2.18. The van der Waals surface area contributed by atoms with E-state index in [1.54, 1.807) is 6.07 Å². The van der Waals surface area contributed by atoms with Crippen LogP contribution in [-0.2, 0) is 4.74 Å². The zero-order chi connectivity index (χ0) is 12.5. The van der Waals surface area contributed by atoms with Crippen LogP contribution in [0, 0.1) is 0 Å². The van der Waals surface area contributed by atoms with Gasteiger partial charge in [-0.3, -0.25) is 0 Å². The monoisotopic (exact) mass is 246 g/mol. The molecule has 2 rings (SSSR count). The van der Waals surface area contributed by atoms with Crippen LogP contribution in [0.3, 0.4) is 0 Å². The van der Waals surface area contributed by atoms with E-state index < -0.39 is 12.4 Å². The standard InChI is InChI=1S/C10H9F3N2O2/c11-10(12,13)17-8-4-2-1-3-6(8)7-5-16-9(14)15-7/h1-4,7H,5H2,(H2,14,15). The van der Waals surface area contributed by atoms with Gasteiger partial charge in [0.25, 0.3) is 6.02 Å². The van der Waals surface area contributed by atoms with Gasteiger partial charge in [-0.25, -0.2) is 4.99 Å². The molecule has 0 aromatic heterocycles. The maximum absolute atomic E-state index is 12.2. The molecule has 1 unspecified atom stereocenters. The van der Waals surface area contributed by atoms with Gasteiger partial charge in [0.2, 0.25) is 0 Å². The van der Waals surface area contributed by atoms with Gasteiger partial charge in [-0.15, -0.1) is 13.2 Å². The minimum absolute atomic E-state index is 0.0307. The second-order valence-corrected chi connectivity index (χ2v) is 3.38. The first-order valence-electron chi connectivity index (χ1n) is 4.76. The number of halogens is 3. The highest BCUT2D eigenvalue weighted by Crippen LogP contribution is 2.33. The fraction of sp³-hybridized carbons (Fsp3) is 0.300. The summed E-state index contributed by atoms with van der Waals surface area (Å²) < 4.78 is 45.3. The molecule has 1 heterocycles. The van der Waals surface area contributed by atoms with E-state index >= 15 is 0 Å². The number of nitrogens with zero attached hydrogens (tertiary/aromatic N) is 1. The number of amidine groups is 1. The fourth-order valence-corrected chi connectivity index (χ4v) is 1.53. The molecule has 0 saturated carbocycles. The Bertz CT molecular complexity index is 445. The van der Waals surface area contributed by atoms with Crippen molar-refractivity contribution in [3.63, 3.8) is 0 Å². The zero-order valence-corrected chi connectivity index (χ0v) is 8.57. The molecule has 1 aromatic carbocycles. The van der Waals surface area contributed by atoms with Gasteiger partial charge in [0.1, 0.15) is 18.4 Å². The van der Waals surface area contributed by atoms with Gasteiger partial charge < -0.3 is 15.2 Å². The van der Waals surface area contributed by atoms with Gasteiger partial charge in [-0.2, -0.15) is 0 Å². The summed E-state index contributed by atoms with van der Waals surface area (Å²) in [5, 5.41) is 0. The summed E-state index contributed by atoms with van der Waals surface area (Å²) >= 11 is 0. The van der Waals surface area contributed by atoms with Crippen LogP contribution in [0.4, 0.5) is 13.2 Å². The smallest absolute Gasteiger partial charge is 0.463 e. The predicted molar refractivity (Wildman–Crippen MR) is 53.4 cm³/mol. The number of benzene rings is 1. The maximum atomic E-state index is 12.2. The molecule has 0 amide bonds.